The monoisotopic (exact) mass is 322 g/mol. The summed E-state index contributed by atoms with van der Waals surface area (Å²) in [5, 5.41) is 0.493. The molecule has 3 N–H and O–H groups in total. The summed E-state index contributed by atoms with van der Waals surface area (Å²) in [6.07, 6.45) is 1.85. The molecule has 1 aromatic carbocycles. The van der Waals surface area contributed by atoms with Crippen LogP contribution in [0.5, 0.6) is 0 Å². The zero-order valence-electron chi connectivity index (χ0n) is 10.5. The fourth-order valence-corrected chi connectivity index (χ4v) is 4.23. The van der Waals surface area contributed by atoms with Gasteiger partial charge in [0, 0.05) is 17.6 Å². The highest BCUT2D eigenvalue weighted by atomic mass is 35.5. The maximum absolute atomic E-state index is 12.3. The molecule has 2 unspecified atom stereocenters. The normalized spacial score (nSPS) is 22.5. The zero-order chi connectivity index (χ0) is 14.2. The minimum absolute atomic E-state index is 0.0167. The van der Waals surface area contributed by atoms with Gasteiger partial charge in [0.05, 0.1) is 5.02 Å². The topological polar surface area (TPSA) is 72.2 Å². The third kappa shape index (κ3) is 3.23. The minimum atomic E-state index is -3.62. The molecular weight excluding hydrogens is 307 g/mol. The van der Waals surface area contributed by atoms with Crippen molar-refractivity contribution in [2.24, 2.45) is 11.7 Å². The van der Waals surface area contributed by atoms with Gasteiger partial charge in [-0.05, 0) is 30.0 Å². The first-order chi connectivity index (χ1) is 8.89. The highest BCUT2D eigenvalue weighted by Gasteiger charge is 2.39. The fourth-order valence-electron chi connectivity index (χ4n) is 2.04. The van der Waals surface area contributed by atoms with Crippen LogP contribution in [0, 0.1) is 5.92 Å². The Labute approximate surface area is 123 Å². The van der Waals surface area contributed by atoms with Crippen molar-refractivity contribution in [3.05, 3.63) is 27.7 Å². The number of rotatable bonds is 5. The first-order valence-corrected chi connectivity index (χ1v) is 8.33. The van der Waals surface area contributed by atoms with E-state index in [0.29, 0.717) is 16.5 Å². The molecule has 2 atom stereocenters. The number of hydrogen-bond acceptors (Lipinski definition) is 3. The Balaban J connectivity index is 2.30. The number of sulfonamides is 1. The van der Waals surface area contributed by atoms with Gasteiger partial charge < -0.3 is 5.73 Å². The third-order valence-electron chi connectivity index (χ3n) is 3.36. The third-order valence-corrected chi connectivity index (χ3v) is 5.67. The molecular formula is C12H16Cl2N2O2S. The molecule has 1 aromatic rings. The van der Waals surface area contributed by atoms with E-state index < -0.39 is 10.0 Å². The SMILES string of the molecule is CCC1CC1NS(=O)(=O)c1cc(CN)c(Cl)cc1Cl. The maximum atomic E-state index is 12.3. The number of hydrogen-bond donors (Lipinski definition) is 2. The molecule has 1 aliphatic carbocycles. The van der Waals surface area contributed by atoms with Gasteiger partial charge in [-0.2, -0.15) is 0 Å². The van der Waals surface area contributed by atoms with Crippen molar-refractivity contribution < 1.29 is 8.42 Å². The summed E-state index contributed by atoms with van der Waals surface area (Å²) >= 11 is 11.9. The molecule has 1 fully saturated rings. The van der Waals surface area contributed by atoms with Crippen molar-refractivity contribution in [2.75, 3.05) is 0 Å². The van der Waals surface area contributed by atoms with Crippen LogP contribution in [-0.2, 0) is 16.6 Å². The van der Waals surface area contributed by atoms with Crippen LogP contribution >= 0.6 is 23.2 Å². The van der Waals surface area contributed by atoms with Crippen molar-refractivity contribution in [1.29, 1.82) is 0 Å². The summed E-state index contributed by atoms with van der Waals surface area (Å²) in [5.41, 5.74) is 6.09. The average Bonchev–Trinajstić information content (AvgIpc) is 3.06. The summed E-state index contributed by atoms with van der Waals surface area (Å²) < 4.78 is 27.2. The van der Waals surface area contributed by atoms with Crippen LogP contribution in [-0.4, -0.2) is 14.5 Å². The van der Waals surface area contributed by atoms with Crippen LogP contribution in [0.25, 0.3) is 0 Å². The Morgan fingerprint density at radius 1 is 1.37 bits per heavy atom. The lowest BCUT2D eigenvalue weighted by Crippen LogP contribution is -2.27. The van der Waals surface area contributed by atoms with E-state index in [1.807, 2.05) is 6.92 Å². The Kier molecular flexibility index (Phi) is 4.42. The van der Waals surface area contributed by atoms with Gasteiger partial charge in [-0.15, -0.1) is 0 Å². The highest BCUT2D eigenvalue weighted by molar-refractivity contribution is 7.89. The Morgan fingerprint density at radius 3 is 2.58 bits per heavy atom. The van der Waals surface area contributed by atoms with Crippen molar-refractivity contribution >= 4 is 33.2 Å². The standard InChI is InChI=1S/C12H16Cl2N2O2S/c1-2-7-3-11(7)16-19(17,18)12-4-8(6-15)9(13)5-10(12)14/h4-5,7,11,16H,2-3,6,15H2,1H3. The number of nitrogens with two attached hydrogens (primary N) is 1. The Morgan fingerprint density at radius 2 is 2.05 bits per heavy atom. The zero-order valence-corrected chi connectivity index (χ0v) is 12.8. The van der Waals surface area contributed by atoms with Crippen molar-refractivity contribution in [2.45, 2.75) is 37.2 Å². The second kappa shape index (κ2) is 5.58. The molecule has 1 saturated carbocycles. The maximum Gasteiger partial charge on any atom is 0.242 e. The summed E-state index contributed by atoms with van der Waals surface area (Å²) in [7, 11) is -3.62. The van der Waals surface area contributed by atoms with Crippen LogP contribution in [0.4, 0.5) is 0 Å². The highest BCUT2D eigenvalue weighted by Crippen LogP contribution is 2.35. The van der Waals surface area contributed by atoms with E-state index in [2.05, 4.69) is 4.72 Å². The van der Waals surface area contributed by atoms with Crippen molar-refractivity contribution in [1.82, 2.24) is 4.72 Å². The molecule has 0 radical (unpaired) electrons. The molecule has 7 heteroatoms. The fraction of sp³-hybridized carbons (Fsp3) is 0.500. The summed E-state index contributed by atoms with van der Waals surface area (Å²) in [5.74, 6) is 0.426. The van der Waals surface area contributed by atoms with Crippen LogP contribution in [0.1, 0.15) is 25.3 Å². The largest absolute Gasteiger partial charge is 0.326 e. The van der Waals surface area contributed by atoms with E-state index in [0.717, 1.165) is 12.8 Å². The second-order valence-electron chi connectivity index (χ2n) is 4.71. The Bertz CT molecular complexity index is 590. The number of nitrogens with one attached hydrogen (secondary N) is 1. The molecule has 0 amide bonds. The van der Waals surface area contributed by atoms with E-state index in [1.165, 1.54) is 12.1 Å². The van der Waals surface area contributed by atoms with Crippen molar-refractivity contribution in [3.63, 3.8) is 0 Å². The molecule has 0 bridgehead atoms. The number of benzene rings is 1. The summed E-state index contributed by atoms with van der Waals surface area (Å²) in [4.78, 5) is 0.0424. The van der Waals surface area contributed by atoms with Gasteiger partial charge in [0.15, 0.2) is 0 Å². The van der Waals surface area contributed by atoms with E-state index in [9.17, 15) is 8.42 Å². The van der Waals surface area contributed by atoms with Crippen LogP contribution in [0.2, 0.25) is 10.0 Å². The molecule has 0 saturated heterocycles. The van der Waals surface area contributed by atoms with Gasteiger partial charge in [0.25, 0.3) is 0 Å². The minimum Gasteiger partial charge on any atom is -0.326 e. The van der Waals surface area contributed by atoms with Crippen LogP contribution in [0.3, 0.4) is 0 Å². The molecule has 0 heterocycles. The van der Waals surface area contributed by atoms with Crippen LogP contribution < -0.4 is 10.5 Å². The lowest BCUT2D eigenvalue weighted by Gasteiger charge is -2.11. The smallest absolute Gasteiger partial charge is 0.242 e. The van der Waals surface area contributed by atoms with E-state index in [1.54, 1.807) is 0 Å². The predicted molar refractivity (Wildman–Crippen MR) is 76.9 cm³/mol. The van der Waals surface area contributed by atoms with Gasteiger partial charge in [0.1, 0.15) is 4.90 Å². The molecule has 0 aromatic heterocycles. The van der Waals surface area contributed by atoms with Gasteiger partial charge in [-0.3, -0.25) is 0 Å². The molecule has 0 aliphatic heterocycles. The average molecular weight is 323 g/mol. The van der Waals surface area contributed by atoms with E-state index in [-0.39, 0.29) is 22.5 Å². The second-order valence-corrected chi connectivity index (χ2v) is 7.21. The lowest BCUT2D eigenvalue weighted by atomic mass is 10.2. The van der Waals surface area contributed by atoms with Gasteiger partial charge in [-0.25, -0.2) is 13.1 Å². The molecule has 0 spiro atoms. The van der Waals surface area contributed by atoms with Gasteiger partial charge in [0.2, 0.25) is 10.0 Å². The van der Waals surface area contributed by atoms with Gasteiger partial charge in [-0.1, -0.05) is 36.5 Å². The molecule has 2 rings (SSSR count). The predicted octanol–water partition coefficient (Wildman–Crippen LogP) is 2.53. The van der Waals surface area contributed by atoms with E-state index in [4.69, 9.17) is 28.9 Å². The van der Waals surface area contributed by atoms with Gasteiger partial charge >= 0.3 is 0 Å². The summed E-state index contributed by atoms with van der Waals surface area (Å²) in [6.45, 7) is 2.21. The number of halogens is 2. The quantitative estimate of drug-likeness (QED) is 0.874. The lowest BCUT2D eigenvalue weighted by molar-refractivity contribution is 0.576. The molecule has 106 valence electrons. The molecule has 4 nitrogen and oxygen atoms in total. The van der Waals surface area contributed by atoms with Crippen LogP contribution in [0.15, 0.2) is 17.0 Å². The molecule has 19 heavy (non-hydrogen) atoms. The first-order valence-electron chi connectivity index (χ1n) is 6.09. The summed E-state index contributed by atoms with van der Waals surface area (Å²) in [6, 6.07) is 2.88. The Hall–Kier alpha value is -0.330. The van der Waals surface area contributed by atoms with E-state index >= 15 is 0 Å². The molecule has 1 aliphatic rings. The van der Waals surface area contributed by atoms with Crippen molar-refractivity contribution in [3.8, 4) is 0 Å². The first kappa shape index (κ1) is 15.1.